The number of hydrogen-bond donors (Lipinski definition) is 0. The highest BCUT2D eigenvalue weighted by molar-refractivity contribution is 6.30. The van der Waals surface area contributed by atoms with Gasteiger partial charge in [0.1, 0.15) is 5.83 Å². The van der Waals surface area contributed by atoms with Crippen LogP contribution in [0.5, 0.6) is 0 Å². The van der Waals surface area contributed by atoms with Gasteiger partial charge < -0.3 is 4.90 Å². The van der Waals surface area contributed by atoms with Crippen molar-refractivity contribution < 1.29 is 9.18 Å². The van der Waals surface area contributed by atoms with Gasteiger partial charge in [0.15, 0.2) is 0 Å². The maximum atomic E-state index is 14.5. The van der Waals surface area contributed by atoms with E-state index in [0.29, 0.717) is 40.7 Å². The number of carbonyl (C=O) groups is 1. The third-order valence-electron chi connectivity index (χ3n) is 4.42. The van der Waals surface area contributed by atoms with E-state index in [-0.39, 0.29) is 11.7 Å². The van der Waals surface area contributed by atoms with Crippen molar-refractivity contribution in [3.63, 3.8) is 0 Å². The summed E-state index contributed by atoms with van der Waals surface area (Å²) in [5.74, 6) is 0.253. The van der Waals surface area contributed by atoms with E-state index < -0.39 is 0 Å². The lowest BCUT2D eigenvalue weighted by molar-refractivity contribution is 0.0763. The Balaban J connectivity index is 1.83. The van der Waals surface area contributed by atoms with Crippen molar-refractivity contribution in [1.29, 1.82) is 0 Å². The van der Waals surface area contributed by atoms with E-state index in [9.17, 15) is 9.18 Å². The molecule has 2 aliphatic carbocycles. The number of nitrogens with zero attached hydrogens (tertiary/aromatic N) is 1. The van der Waals surface area contributed by atoms with Crippen LogP contribution in [0.3, 0.4) is 0 Å². The molecule has 0 saturated heterocycles. The average molecular weight is 346 g/mol. The van der Waals surface area contributed by atoms with E-state index in [0.717, 1.165) is 19.3 Å². The van der Waals surface area contributed by atoms with Gasteiger partial charge in [-0.05, 0) is 61.9 Å². The number of halogens is 2. The van der Waals surface area contributed by atoms with Crippen LogP contribution in [0.2, 0.25) is 5.02 Å². The topological polar surface area (TPSA) is 20.3 Å². The first kappa shape index (κ1) is 17.0. The van der Waals surface area contributed by atoms with Crippen LogP contribution in [0.25, 0.3) is 0 Å². The van der Waals surface area contributed by atoms with Crippen LogP contribution in [0.15, 0.2) is 59.5 Å². The lowest BCUT2D eigenvalue weighted by Gasteiger charge is -2.24. The molecule has 1 aromatic carbocycles. The summed E-state index contributed by atoms with van der Waals surface area (Å²) in [4.78, 5) is 14.6. The van der Waals surface area contributed by atoms with Gasteiger partial charge in [-0.3, -0.25) is 4.79 Å². The van der Waals surface area contributed by atoms with Crippen LogP contribution in [0.1, 0.15) is 36.5 Å². The highest BCUT2D eigenvalue weighted by atomic mass is 35.5. The average Bonchev–Trinajstić information content (AvgIpc) is 3.40. The summed E-state index contributed by atoms with van der Waals surface area (Å²) in [5.41, 5.74) is 1.80. The van der Waals surface area contributed by atoms with E-state index in [4.69, 9.17) is 11.6 Å². The molecule has 2 nitrogen and oxygen atoms in total. The first-order chi connectivity index (χ1) is 11.5. The lowest BCUT2D eigenvalue weighted by atomic mass is 10.1. The molecule has 0 radical (unpaired) electrons. The molecule has 4 heteroatoms. The molecule has 0 heterocycles. The van der Waals surface area contributed by atoms with Crippen molar-refractivity contribution in [3.8, 4) is 0 Å². The Labute approximate surface area is 147 Å². The smallest absolute Gasteiger partial charge is 0.254 e. The first-order valence-corrected chi connectivity index (χ1v) is 8.69. The van der Waals surface area contributed by atoms with Crippen LogP contribution in [-0.4, -0.2) is 23.9 Å². The highest BCUT2D eigenvalue weighted by Crippen LogP contribution is 2.31. The normalized spacial score (nSPS) is 17.5. The van der Waals surface area contributed by atoms with Gasteiger partial charge in [0.05, 0.1) is 0 Å². The number of carbonyl (C=O) groups excluding carboxylic acids is 1. The molecule has 3 rings (SSSR count). The minimum Gasteiger partial charge on any atom is -0.334 e. The zero-order valence-electron chi connectivity index (χ0n) is 13.8. The zero-order chi connectivity index (χ0) is 17.1. The minimum absolute atomic E-state index is 0.0712. The fraction of sp³-hybridized carbons (Fsp3) is 0.350. The molecule has 1 saturated carbocycles. The number of allylic oxidation sites excluding steroid dienone is 4. The third-order valence-corrected chi connectivity index (χ3v) is 4.67. The summed E-state index contributed by atoms with van der Waals surface area (Å²) in [5, 5.41) is 0.599. The van der Waals surface area contributed by atoms with Gasteiger partial charge in [-0.2, -0.15) is 0 Å². The Morgan fingerprint density at radius 2 is 2.00 bits per heavy atom. The minimum atomic E-state index is -0.214. The Morgan fingerprint density at radius 3 is 2.67 bits per heavy atom. The molecule has 126 valence electrons. The van der Waals surface area contributed by atoms with E-state index in [1.54, 1.807) is 42.2 Å². The standard InChI is InChI=1S/C20H21ClFNO/c1-14-4-2-3-5-17(19(14)22)13-23(12-15-6-7-15)20(24)16-8-10-18(21)11-9-16/h3-5,8-11,15H,2,6-7,12-13H2,1H3. The highest BCUT2D eigenvalue weighted by Gasteiger charge is 2.28. The molecule has 0 aromatic heterocycles. The molecule has 24 heavy (non-hydrogen) atoms. The Morgan fingerprint density at radius 1 is 1.29 bits per heavy atom. The molecule has 0 unspecified atom stereocenters. The third kappa shape index (κ3) is 4.15. The van der Waals surface area contributed by atoms with Crippen LogP contribution in [-0.2, 0) is 0 Å². The molecular formula is C20H21ClFNO. The van der Waals surface area contributed by atoms with E-state index in [1.807, 2.05) is 12.2 Å². The molecule has 0 aliphatic heterocycles. The first-order valence-electron chi connectivity index (χ1n) is 8.31. The van der Waals surface area contributed by atoms with Crippen LogP contribution >= 0.6 is 11.6 Å². The van der Waals surface area contributed by atoms with Gasteiger partial charge >= 0.3 is 0 Å². The van der Waals surface area contributed by atoms with Crippen LogP contribution in [0.4, 0.5) is 4.39 Å². The van der Waals surface area contributed by atoms with E-state index >= 15 is 0 Å². The largest absolute Gasteiger partial charge is 0.334 e. The predicted octanol–water partition coefficient (Wildman–Crippen LogP) is 5.32. The molecule has 1 amide bonds. The monoisotopic (exact) mass is 345 g/mol. The second-order valence-corrected chi connectivity index (χ2v) is 6.94. The van der Waals surface area contributed by atoms with Crippen molar-refractivity contribution >= 4 is 17.5 Å². The fourth-order valence-corrected chi connectivity index (χ4v) is 2.93. The van der Waals surface area contributed by atoms with Gasteiger partial charge in [0, 0.05) is 29.2 Å². The van der Waals surface area contributed by atoms with Crippen molar-refractivity contribution in [3.05, 3.63) is 70.1 Å². The molecule has 0 N–H and O–H groups in total. The quantitative estimate of drug-likeness (QED) is 0.707. The Bertz CT molecular complexity index is 714. The summed E-state index contributed by atoms with van der Waals surface area (Å²) in [7, 11) is 0. The predicted molar refractivity (Wildman–Crippen MR) is 95.7 cm³/mol. The Kier molecular flexibility index (Phi) is 5.20. The molecule has 0 atom stereocenters. The van der Waals surface area contributed by atoms with E-state index in [1.165, 1.54) is 0 Å². The zero-order valence-corrected chi connectivity index (χ0v) is 14.5. The lowest BCUT2D eigenvalue weighted by Crippen LogP contribution is -2.34. The summed E-state index contributed by atoms with van der Waals surface area (Å²) < 4.78 is 14.5. The number of hydrogen-bond acceptors (Lipinski definition) is 1. The number of rotatable bonds is 5. The van der Waals surface area contributed by atoms with Gasteiger partial charge in [-0.1, -0.05) is 29.8 Å². The maximum absolute atomic E-state index is 14.5. The molecular weight excluding hydrogens is 325 g/mol. The summed E-state index contributed by atoms with van der Waals surface area (Å²) in [6.45, 7) is 2.74. The summed E-state index contributed by atoms with van der Waals surface area (Å²) >= 11 is 5.90. The van der Waals surface area contributed by atoms with Crippen molar-refractivity contribution in [2.75, 3.05) is 13.1 Å². The van der Waals surface area contributed by atoms with Crippen molar-refractivity contribution in [1.82, 2.24) is 4.90 Å². The van der Waals surface area contributed by atoms with E-state index in [2.05, 4.69) is 0 Å². The summed E-state index contributed by atoms with van der Waals surface area (Å²) in [6, 6.07) is 6.87. The SMILES string of the molecule is CC1=CCC=CC(CN(CC2CC2)C(=O)c2ccc(Cl)cc2)=C1F. The van der Waals surface area contributed by atoms with Gasteiger partial charge in [-0.15, -0.1) is 0 Å². The molecule has 0 spiro atoms. The maximum Gasteiger partial charge on any atom is 0.254 e. The molecule has 1 aromatic rings. The second-order valence-electron chi connectivity index (χ2n) is 6.50. The molecule has 2 aliphatic rings. The second kappa shape index (κ2) is 7.35. The number of amides is 1. The van der Waals surface area contributed by atoms with Crippen LogP contribution < -0.4 is 0 Å². The van der Waals surface area contributed by atoms with Crippen LogP contribution in [0, 0.1) is 5.92 Å². The molecule has 1 fully saturated rings. The number of benzene rings is 1. The van der Waals surface area contributed by atoms with Gasteiger partial charge in [-0.25, -0.2) is 4.39 Å². The molecule has 0 bridgehead atoms. The van der Waals surface area contributed by atoms with Crippen molar-refractivity contribution in [2.24, 2.45) is 5.92 Å². The Hall–Kier alpha value is -1.87. The fourth-order valence-electron chi connectivity index (χ4n) is 2.81. The summed E-state index contributed by atoms with van der Waals surface area (Å²) in [6.07, 6.45) is 8.61. The van der Waals surface area contributed by atoms with Gasteiger partial charge in [0.25, 0.3) is 5.91 Å². The van der Waals surface area contributed by atoms with Crippen molar-refractivity contribution in [2.45, 2.75) is 26.2 Å². The van der Waals surface area contributed by atoms with Gasteiger partial charge in [0.2, 0.25) is 0 Å².